The summed E-state index contributed by atoms with van der Waals surface area (Å²) in [6.07, 6.45) is 6.25. The van der Waals surface area contributed by atoms with Crippen molar-refractivity contribution in [3.05, 3.63) is 17.2 Å². The number of hydrogen-bond acceptors (Lipinski definition) is 4. The summed E-state index contributed by atoms with van der Waals surface area (Å²) >= 11 is 4.76. The van der Waals surface area contributed by atoms with Gasteiger partial charge in [0.1, 0.15) is 5.60 Å². The average Bonchev–Trinajstić information content (AvgIpc) is 2.63. The Morgan fingerprint density at radius 2 is 2.33 bits per heavy atom. The van der Waals surface area contributed by atoms with E-state index in [1.165, 1.54) is 11.3 Å². The van der Waals surface area contributed by atoms with Gasteiger partial charge >= 0.3 is 6.09 Å². The first-order valence-electron chi connectivity index (χ1n) is 5.59. The van der Waals surface area contributed by atoms with Gasteiger partial charge in [-0.2, -0.15) is 0 Å². The highest BCUT2D eigenvalue weighted by atomic mass is 79.9. The second-order valence-electron chi connectivity index (χ2n) is 4.57. The molecule has 0 fully saturated rings. The summed E-state index contributed by atoms with van der Waals surface area (Å²) in [7, 11) is 0. The molecule has 0 radical (unpaired) electrons. The number of rotatable bonds is 4. The predicted molar refractivity (Wildman–Crippen MR) is 79.4 cm³/mol. The van der Waals surface area contributed by atoms with Crippen LogP contribution in [0.1, 0.15) is 32.1 Å². The zero-order valence-corrected chi connectivity index (χ0v) is 13.1. The molecule has 6 heteroatoms. The van der Waals surface area contributed by atoms with Crippen molar-refractivity contribution in [3.63, 3.8) is 0 Å². The molecule has 0 saturated heterocycles. The number of alkyl halides is 1. The smallest absolute Gasteiger partial charge is 0.413 e. The monoisotopic (exact) mass is 332 g/mol. The lowest BCUT2D eigenvalue weighted by Crippen LogP contribution is -2.27. The fourth-order valence-corrected chi connectivity index (χ4v) is 2.07. The second-order valence-corrected chi connectivity index (χ2v) is 6.43. The summed E-state index contributed by atoms with van der Waals surface area (Å²) in [5, 5.41) is 4.09. The molecule has 0 saturated carbocycles. The van der Waals surface area contributed by atoms with E-state index in [2.05, 4.69) is 32.3 Å². The first-order valence-corrected chi connectivity index (χ1v) is 7.53. The molecule has 0 bridgehead atoms. The number of carbonyl (C=O) groups excluding carboxylic acids is 1. The Hall–Kier alpha value is -0.880. The molecule has 1 aromatic heterocycles. The van der Waals surface area contributed by atoms with Crippen LogP contribution in [0.3, 0.4) is 0 Å². The number of amides is 1. The zero-order chi connectivity index (χ0) is 13.6. The molecule has 0 aromatic carbocycles. The van der Waals surface area contributed by atoms with Crippen LogP contribution in [0.5, 0.6) is 0 Å². The molecule has 0 spiro atoms. The van der Waals surface area contributed by atoms with Gasteiger partial charge in [-0.1, -0.05) is 33.3 Å². The van der Waals surface area contributed by atoms with Crippen LogP contribution in [0.15, 0.2) is 12.3 Å². The van der Waals surface area contributed by atoms with Crippen molar-refractivity contribution in [2.45, 2.75) is 32.8 Å². The van der Waals surface area contributed by atoms with E-state index in [0.29, 0.717) is 5.13 Å². The second kappa shape index (κ2) is 6.89. The van der Waals surface area contributed by atoms with Crippen molar-refractivity contribution in [3.8, 4) is 0 Å². The first kappa shape index (κ1) is 15.2. The molecule has 1 aromatic rings. The minimum absolute atomic E-state index is 0.479. The maximum atomic E-state index is 11.5. The normalized spacial score (nSPS) is 11.8. The van der Waals surface area contributed by atoms with Crippen molar-refractivity contribution in [1.29, 1.82) is 0 Å². The van der Waals surface area contributed by atoms with Gasteiger partial charge in [0, 0.05) is 16.4 Å². The first-order chi connectivity index (χ1) is 8.40. The summed E-state index contributed by atoms with van der Waals surface area (Å²) in [6, 6.07) is 0. The molecule has 0 aliphatic carbocycles. The van der Waals surface area contributed by atoms with Gasteiger partial charge in [0.05, 0.1) is 0 Å². The third kappa shape index (κ3) is 6.16. The van der Waals surface area contributed by atoms with Crippen molar-refractivity contribution >= 4 is 44.6 Å². The average molecular weight is 333 g/mol. The SMILES string of the molecule is CC(C)(C)OC(=O)Nc1ncc(C=CCCBr)s1. The maximum absolute atomic E-state index is 11.5. The van der Waals surface area contributed by atoms with Crippen LogP contribution < -0.4 is 5.32 Å². The predicted octanol–water partition coefficient (Wildman–Crippen LogP) is 4.29. The van der Waals surface area contributed by atoms with Gasteiger partial charge in [-0.15, -0.1) is 0 Å². The summed E-state index contributed by atoms with van der Waals surface area (Å²) in [5.41, 5.74) is -0.500. The molecule has 18 heavy (non-hydrogen) atoms. The standard InChI is InChI=1S/C12H17BrN2O2S/c1-12(2,3)17-11(16)15-10-14-8-9(18-10)6-4-5-7-13/h4,6,8H,5,7H2,1-3H3,(H,14,15,16). The van der Waals surface area contributed by atoms with E-state index in [1.807, 2.05) is 26.8 Å². The molecule has 0 aliphatic heterocycles. The largest absolute Gasteiger partial charge is 0.444 e. The summed E-state index contributed by atoms with van der Waals surface area (Å²) in [5.74, 6) is 0. The summed E-state index contributed by atoms with van der Waals surface area (Å²) in [6.45, 7) is 5.47. The Labute approximate surface area is 120 Å². The number of carbonyl (C=O) groups is 1. The minimum Gasteiger partial charge on any atom is -0.444 e. The molecule has 4 nitrogen and oxygen atoms in total. The highest BCUT2D eigenvalue weighted by molar-refractivity contribution is 9.09. The Bertz CT molecular complexity index is 424. The van der Waals surface area contributed by atoms with Gasteiger partial charge in [0.2, 0.25) is 0 Å². The number of nitrogens with one attached hydrogen (secondary N) is 1. The molecular weight excluding hydrogens is 316 g/mol. The van der Waals surface area contributed by atoms with E-state index in [0.717, 1.165) is 16.6 Å². The van der Waals surface area contributed by atoms with Crippen molar-refractivity contribution < 1.29 is 9.53 Å². The number of ether oxygens (including phenoxy) is 1. The quantitative estimate of drug-likeness (QED) is 0.837. The van der Waals surface area contributed by atoms with E-state index >= 15 is 0 Å². The van der Waals surface area contributed by atoms with Crippen LogP contribution in [-0.4, -0.2) is 22.0 Å². The van der Waals surface area contributed by atoms with Crippen LogP contribution in [0.25, 0.3) is 6.08 Å². The van der Waals surface area contributed by atoms with E-state index in [4.69, 9.17) is 4.74 Å². The van der Waals surface area contributed by atoms with Gasteiger partial charge in [-0.05, 0) is 33.3 Å². The molecule has 1 rings (SSSR count). The number of aromatic nitrogens is 1. The number of thiazole rings is 1. The van der Waals surface area contributed by atoms with Crippen LogP contribution >= 0.6 is 27.3 Å². The fourth-order valence-electron chi connectivity index (χ4n) is 1.07. The Morgan fingerprint density at radius 1 is 1.61 bits per heavy atom. The Morgan fingerprint density at radius 3 is 2.94 bits per heavy atom. The Kier molecular flexibility index (Phi) is 5.81. The summed E-state index contributed by atoms with van der Waals surface area (Å²) < 4.78 is 5.14. The third-order valence-electron chi connectivity index (χ3n) is 1.69. The number of nitrogens with zero attached hydrogens (tertiary/aromatic N) is 1. The van der Waals surface area contributed by atoms with Gasteiger partial charge in [0.15, 0.2) is 5.13 Å². The number of halogens is 1. The summed E-state index contributed by atoms with van der Waals surface area (Å²) in [4.78, 5) is 16.6. The van der Waals surface area contributed by atoms with E-state index in [-0.39, 0.29) is 0 Å². The molecule has 0 atom stereocenters. The molecule has 0 aliphatic rings. The zero-order valence-electron chi connectivity index (χ0n) is 10.7. The Balaban J connectivity index is 2.51. The number of allylic oxidation sites excluding steroid dienone is 1. The number of hydrogen-bond donors (Lipinski definition) is 1. The van der Waals surface area contributed by atoms with Crippen molar-refractivity contribution in [2.24, 2.45) is 0 Å². The lowest BCUT2D eigenvalue weighted by atomic mass is 10.2. The third-order valence-corrected chi connectivity index (χ3v) is 3.03. The van der Waals surface area contributed by atoms with Gasteiger partial charge < -0.3 is 4.74 Å². The van der Waals surface area contributed by atoms with E-state index in [9.17, 15) is 4.79 Å². The van der Waals surface area contributed by atoms with Gasteiger partial charge in [-0.3, -0.25) is 5.32 Å². The van der Waals surface area contributed by atoms with Crippen molar-refractivity contribution in [1.82, 2.24) is 4.98 Å². The van der Waals surface area contributed by atoms with Crippen molar-refractivity contribution in [2.75, 3.05) is 10.6 Å². The van der Waals surface area contributed by atoms with Crippen LogP contribution in [0, 0.1) is 0 Å². The molecular formula is C12H17BrN2O2S. The molecule has 1 N–H and O–H groups in total. The van der Waals surface area contributed by atoms with Gasteiger partial charge in [-0.25, -0.2) is 9.78 Å². The minimum atomic E-state index is -0.500. The fraction of sp³-hybridized carbons (Fsp3) is 0.500. The van der Waals surface area contributed by atoms with Crippen LogP contribution in [0.4, 0.5) is 9.93 Å². The highest BCUT2D eigenvalue weighted by Gasteiger charge is 2.16. The number of anilines is 1. The topological polar surface area (TPSA) is 51.2 Å². The van der Waals surface area contributed by atoms with Crippen LogP contribution in [0.2, 0.25) is 0 Å². The van der Waals surface area contributed by atoms with Gasteiger partial charge in [0.25, 0.3) is 0 Å². The highest BCUT2D eigenvalue weighted by Crippen LogP contribution is 2.20. The van der Waals surface area contributed by atoms with Crippen LogP contribution in [-0.2, 0) is 4.74 Å². The van der Waals surface area contributed by atoms with E-state index in [1.54, 1.807) is 6.20 Å². The van der Waals surface area contributed by atoms with E-state index < -0.39 is 11.7 Å². The molecule has 0 unspecified atom stereocenters. The molecule has 1 heterocycles. The molecule has 1 amide bonds. The lowest BCUT2D eigenvalue weighted by molar-refractivity contribution is 0.0636. The maximum Gasteiger partial charge on any atom is 0.413 e. The lowest BCUT2D eigenvalue weighted by Gasteiger charge is -2.18. The molecule has 100 valence electrons.